The van der Waals surface area contributed by atoms with Gasteiger partial charge < -0.3 is 5.73 Å². The molecule has 7 heteroatoms. The van der Waals surface area contributed by atoms with E-state index in [1.165, 1.54) is 0 Å². The molecule has 2 heterocycles. The normalized spacial score (nSPS) is 29.0. The number of piperidine rings is 1. The van der Waals surface area contributed by atoms with Crippen molar-refractivity contribution in [2.45, 2.75) is 32.1 Å². The molecule has 22 heavy (non-hydrogen) atoms. The number of rotatable bonds is 1. The zero-order valence-electron chi connectivity index (χ0n) is 20.1. The van der Waals surface area contributed by atoms with Crippen LogP contribution >= 0.6 is 0 Å². The summed E-state index contributed by atoms with van der Waals surface area (Å²) in [7, 11) is 0. The van der Waals surface area contributed by atoms with Crippen molar-refractivity contribution >= 4 is 28.4 Å². The number of carbonyl (C=O) groups excluding carboxylic acids is 2. The first kappa shape index (κ1) is 7.04. The number of imide groups is 1. The minimum atomic E-state index is -3.30. The van der Waals surface area contributed by atoms with Crippen LogP contribution < -0.4 is 16.6 Å². The van der Waals surface area contributed by atoms with Gasteiger partial charge in [0, 0.05) is 20.3 Å². The summed E-state index contributed by atoms with van der Waals surface area (Å²) < 4.78 is 70.9. The lowest BCUT2D eigenvalue weighted by molar-refractivity contribution is -0.140. The molecular weight excluding hydrogens is 284 g/mol. The Morgan fingerprint density at radius 3 is 2.95 bits per heavy atom. The average molecular weight is 309 g/mol. The summed E-state index contributed by atoms with van der Waals surface area (Å²) in [6.45, 7) is -6.52. The minimum absolute atomic E-state index is 0.190. The van der Waals surface area contributed by atoms with Crippen LogP contribution in [0.3, 0.4) is 0 Å². The standard InChI is InChI=1S/C15H16N4O3/c1-8-17-10-5-3-4-9(16)12(10)13(21)19(8)15(2)7-6-11(20)18-14(15)22/h3-5H,6-7,16H2,1-2H3,(H,18,20,22)/t15-/m0/s1/i1D3,2D3,3D,4D,5D. The Morgan fingerprint density at radius 2 is 2.27 bits per heavy atom. The van der Waals surface area contributed by atoms with E-state index in [-0.39, 0.29) is 4.57 Å². The predicted molar refractivity (Wildman–Crippen MR) is 81.2 cm³/mol. The monoisotopic (exact) mass is 309 g/mol. The van der Waals surface area contributed by atoms with E-state index in [1.807, 2.05) is 5.32 Å². The van der Waals surface area contributed by atoms with Crippen LogP contribution in [-0.2, 0) is 15.1 Å². The molecule has 1 aliphatic rings. The van der Waals surface area contributed by atoms with Crippen LogP contribution in [0.15, 0.2) is 22.9 Å². The number of nitrogen functional groups attached to an aromatic ring is 1. The summed E-state index contributed by atoms with van der Waals surface area (Å²) in [4.78, 5) is 41.7. The van der Waals surface area contributed by atoms with Gasteiger partial charge in [0.15, 0.2) is 0 Å². The summed E-state index contributed by atoms with van der Waals surface area (Å²) in [5.41, 5.74) is 0.360. The molecule has 7 nitrogen and oxygen atoms in total. The summed E-state index contributed by atoms with van der Waals surface area (Å²) in [5.74, 6) is -3.33. The highest BCUT2D eigenvalue weighted by Crippen LogP contribution is 2.27. The number of carbonyl (C=O) groups is 2. The molecule has 1 aromatic heterocycles. The Morgan fingerprint density at radius 1 is 1.45 bits per heavy atom. The van der Waals surface area contributed by atoms with Crippen LogP contribution in [0.5, 0.6) is 0 Å². The van der Waals surface area contributed by atoms with Crippen LogP contribution in [0.4, 0.5) is 5.69 Å². The van der Waals surface area contributed by atoms with Gasteiger partial charge >= 0.3 is 0 Å². The number of amides is 2. The lowest BCUT2D eigenvalue weighted by Crippen LogP contribution is -2.56. The van der Waals surface area contributed by atoms with Crippen molar-refractivity contribution in [3.05, 3.63) is 34.3 Å². The molecule has 2 amide bonds. The fraction of sp³-hybridized carbons (Fsp3) is 0.333. The van der Waals surface area contributed by atoms with Gasteiger partial charge in [0.25, 0.3) is 11.5 Å². The number of aryl methyl sites for hydroxylation is 1. The molecule has 3 N–H and O–H groups in total. The first-order valence-electron chi connectivity index (χ1n) is 10.7. The fourth-order valence-electron chi connectivity index (χ4n) is 2.34. The van der Waals surface area contributed by atoms with Gasteiger partial charge in [-0.1, -0.05) is 6.04 Å². The Bertz CT molecular complexity index is 1200. The Labute approximate surface area is 138 Å². The maximum absolute atomic E-state index is 13.5. The van der Waals surface area contributed by atoms with Gasteiger partial charge in [-0.2, -0.15) is 0 Å². The molecule has 2 aromatic rings. The van der Waals surface area contributed by atoms with Crippen molar-refractivity contribution in [1.82, 2.24) is 14.9 Å². The second-order valence-electron chi connectivity index (χ2n) is 4.83. The van der Waals surface area contributed by atoms with E-state index in [0.717, 1.165) is 0 Å². The number of nitrogens with one attached hydrogen (secondary N) is 1. The van der Waals surface area contributed by atoms with Gasteiger partial charge in [0.2, 0.25) is 5.91 Å². The molecule has 1 fully saturated rings. The van der Waals surface area contributed by atoms with Crippen molar-refractivity contribution in [3.8, 4) is 0 Å². The Kier molecular flexibility index (Phi) is 1.49. The van der Waals surface area contributed by atoms with Crippen molar-refractivity contribution in [2.75, 3.05) is 5.73 Å². The largest absolute Gasteiger partial charge is 0.398 e. The van der Waals surface area contributed by atoms with E-state index in [4.69, 9.17) is 18.1 Å². The molecule has 0 aliphatic carbocycles. The molecule has 0 radical (unpaired) electrons. The second kappa shape index (κ2) is 4.66. The second-order valence-corrected chi connectivity index (χ2v) is 4.83. The fourth-order valence-corrected chi connectivity index (χ4v) is 2.34. The third-order valence-corrected chi connectivity index (χ3v) is 3.45. The van der Waals surface area contributed by atoms with Gasteiger partial charge in [-0.25, -0.2) is 4.98 Å². The smallest absolute Gasteiger partial charge is 0.264 e. The summed E-state index contributed by atoms with van der Waals surface area (Å²) in [5, 5.41) is 1.17. The van der Waals surface area contributed by atoms with E-state index in [9.17, 15) is 14.4 Å². The number of aromatic nitrogens is 2. The number of hydrogen-bond acceptors (Lipinski definition) is 5. The van der Waals surface area contributed by atoms with Crippen LogP contribution in [0.1, 0.15) is 37.9 Å². The lowest BCUT2D eigenvalue weighted by atomic mass is 9.90. The van der Waals surface area contributed by atoms with E-state index in [1.54, 1.807) is 0 Å². The number of nitrogens with zero attached hydrogens (tertiary/aromatic N) is 2. The third kappa shape index (κ3) is 1.89. The van der Waals surface area contributed by atoms with Gasteiger partial charge in [-0.15, -0.1) is 0 Å². The summed E-state index contributed by atoms with van der Waals surface area (Å²) in [6.07, 6.45) is -1.22. The predicted octanol–water partition coefficient (Wildman–Crippen LogP) is 0.439. The summed E-state index contributed by atoms with van der Waals surface area (Å²) >= 11 is 0. The van der Waals surface area contributed by atoms with Crippen molar-refractivity contribution in [2.24, 2.45) is 0 Å². The SMILES string of the molecule is [2H]c1c([2H])c(N)c2c(=O)n([C@@]3(C([2H])([2H])[2H])CCC(=O)NC3=O)c(C([2H])([2H])[2H])nc2c1[2H]. The Balaban J connectivity index is 2.63. The van der Waals surface area contributed by atoms with E-state index in [2.05, 4.69) is 4.98 Å². The maximum atomic E-state index is 13.5. The number of hydrogen-bond donors (Lipinski definition) is 2. The molecule has 1 saturated heterocycles. The maximum Gasteiger partial charge on any atom is 0.264 e. The van der Waals surface area contributed by atoms with Crippen LogP contribution in [0.25, 0.3) is 10.9 Å². The van der Waals surface area contributed by atoms with Gasteiger partial charge in [-0.3, -0.25) is 24.3 Å². The lowest BCUT2D eigenvalue weighted by Gasteiger charge is -2.34. The first-order chi connectivity index (χ1) is 14.1. The third-order valence-electron chi connectivity index (χ3n) is 3.45. The highest BCUT2D eigenvalue weighted by molar-refractivity contribution is 6.01. The van der Waals surface area contributed by atoms with Gasteiger partial charge in [0.05, 0.1) is 15.0 Å². The molecule has 0 saturated carbocycles. The molecule has 0 unspecified atom stereocenters. The first-order valence-corrected chi connectivity index (χ1v) is 6.23. The molecule has 0 spiro atoms. The number of benzene rings is 1. The van der Waals surface area contributed by atoms with Gasteiger partial charge in [-0.05, 0) is 32.2 Å². The molecule has 0 bridgehead atoms. The van der Waals surface area contributed by atoms with Crippen LogP contribution in [0, 0.1) is 6.85 Å². The molecule has 1 atom stereocenters. The number of nitrogens with two attached hydrogens (primary N) is 1. The zero-order chi connectivity index (χ0) is 23.7. The zero-order valence-corrected chi connectivity index (χ0v) is 11.1. The minimum Gasteiger partial charge on any atom is -0.398 e. The molecule has 1 aromatic carbocycles. The summed E-state index contributed by atoms with van der Waals surface area (Å²) in [6, 6.07) is -2.18. The molecule has 1 aliphatic heterocycles. The number of anilines is 1. The van der Waals surface area contributed by atoms with Crippen molar-refractivity contribution in [3.63, 3.8) is 0 Å². The van der Waals surface area contributed by atoms with Crippen LogP contribution in [-0.4, -0.2) is 21.4 Å². The van der Waals surface area contributed by atoms with Crippen molar-refractivity contribution in [1.29, 1.82) is 0 Å². The van der Waals surface area contributed by atoms with Crippen molar-refractivity contribution < 1.29 is 21.9 Å². The molecule has 114 valence electrons. The average Bonchev–Trinajstić information content (AvgIpc) is 2.63. The molecular formula is C15H16N4O3. The van der Waals surface area contributed by atoms with Crippen LogP contribution in [0.2, 0.25) is 0 Å². The van der Waals surface area contributed by atoms with E-state index < -0.39 is 90.0 Å². The topological polar surface area (TPSA) is 107 Å². The quantitative estimate of drug-likeness (QED) is 0.587. The highest BCUT2D eigenvalue weighted by Gasteiger charge is 2.42. The highest BCUT2D eigenvalue weighted by atomic mass is 16.2. The van der Waals surface area contributed by atoms with E-state index >= 15 is 0 Å². The van der Waals surface area contributed by atoms with E-state index in [0.29, 0.717) is 0 Å². The molecule has 3 rings (SSSR count). The van der Waals surface area contributed by atoms with Gasteiger partial charge in [0.1, 0.15) is 11.4 Å². The Hall–Kier alpha value is -2.70. The number of fused-ring (bicyclic) bond motifs is 1.